The highest BCUT2D eigenvalue weighted by molar-refractivity contribution is 5.94. The van der Waals surface area contributed by atoms with Crippen molar-refractivity contribution in [2.45, 2.75) is 27.2 Å². The Balaban J connectivity index is 2.81. The normalized spacial score (nSPS) is 10.4. The van der Waals surface area contributed by atoms with Crippen molar-refractivity contribution in [3.8, 4) is 0 Å². The van der Waals surface area contributed by atoms with Crippen molar-refractivity contribution in [1.29, 1.82) is 0 Å². The number of aryl methyl sites for hydroxylation is 1. The number of ether oxygens (including phenoxy) is 1. The molecule has 0 N–H and O–H groups in total. The molecule has 1 amide bonds. The topological polar surface area (TPSA) is 46.6 Å². The predicted octanol–water partition coefficient (Wildman–Crippen LogP) is 2.66. The Labute approximate surface area is 120 Å². The van der Waals surface area contributed by atoms with Crippen molar-refractivity contribution in [1.82, 2.24) is 4.90 Å². The van der Waals surface area contributed by atoms with E-state index < -0.39 is 0 Å². The van der Waals surface area contributed by atoms with E-state index in [1.165, 1.54) is 7.11 Å². The number of hydrogen-bond donors (Lipinski definition) is 0. The molecule has 0 saturated carbocycles. The average Bonchev–Trinajstić information content (AvgIpc) is 2.41. The van der Waals surface area contributed by atoms with Crippen LogP contribution in [0.15, 0.2) is 24.3 Å². The summed E-state index contributed by atoms with van der Waals surface area (Å²) in [5, 5.41) is 0. The van der Waals surface area contributed by atoms with Gasteiger partial charge in [-0.1, -0.05) is 31.5 Å². The highest BCUT2D eigenvalue weighted by Crippen LogP contribution is 2.10. The molecule has 1 rings (SSSR count). The second-order valence-electron chi connectivity index (χ2n) is 5.34. The van der Waals surface area contributed by atoms with Crippen LogP contribution in [0.25, 0.3) is 0 Å². The molecule has 0 atom stereocenters. The van der Waals surface area contributed by atoms with Crippen molar-refractivity contribution in [3.63, 3.8) is 0 Å². The third-order valence-electron chi connectivity index (χ3n) is 2.95. The first-order chi connectivity index (χ1) is 9.43. The Morgan fingerprint density at radius 1 is 1.30 bits per heavy atom. The van der Waals surface area contributed by atoms with Crippen molar-refractivity contribution in [2.24, 2.45) is 5.92 Å². The summed E-state index contributed by atoms with van der Waals surface area (Å²) in [6.45, 7) is 7.07. The number of esters is 1. The fraction of sp³-hybridized carbons (Fsp3) is 0.500. The Morgan fingerprint density at radius 2 is 2.00 bits per heavy atom. The first-order valence-electron chi connectivity index (χ1n) is 6.86. The smallest absolute Gasteiger partial charge is 0.307 e. The first kappa shape index (κ1) is 16.2. The zero-order valence-electron chi connectivity index (χ0n) is 12.7. The van der Waals surface area contributed by atoms with Crippen LogP contribution in [-0.4, -0.2) is 37.0 Å². The number of rotatable bonds is 6. The van der Waals surface area contributed by atoms with E-state index >= 15 is 0 Å². The third kappa shape index (κ3) is 5.03. The zero-order chi connectivity index (χ0) is 15.1. The second kappa shape index (κ2) is 7.68. The summed E-state index contributed by atoms with van der Waals surface area (Å²) in [6.07, 6.45) is 0.223. The summed E-state index contributed by atoms with van der Waals surface area (Å²) < 4.78 is 4.63. The van der Waals surface area contributed by atoms with Gasteiger partial charge in [0.1, 0.15) is 0 Å². The fourth-order valence-corrected chi connectivity index (χ4v) is 2.01. The summed E-state index contributed by atoms with van der Waals surface area (Å²) >= 11 is 0. The third-order valence-corrected chi connectivity index (χ3v) is 2.95. The molecule has 0 spiro atoms. The van der Waals surface area contributed by atoms with Gasteiger partial charge in [-0.15, -0.1) is 0 Å². The van der Waals surface area contributed by atoms with Gasteiger partial charge in [-0.25, -0.2) is 0 Å². The maximum Gasteiger partial charge on any atom is 0.307 e. The monoisotopic (exact) mass is 277 g/mol. The SMILES string of the molecule is COC(=O)CCN(CC(C)C)C(=O)c1cccc(C)c1. The summed E-state index contributed by atoms with van der Waals surface area (Å²) in [7, 11) is 1.36. The number of benzene rings is 1. The largest absolute Gasteiger partial charge is 0.469 e. The molecule has 0 aromatic heterocycles. The van der Waals surface area contributed by atoms with Crippen LogP contribution >= 0.6 is 0 Å². The van der Waals surface area contributed by atoms with E-state index in [0.29, 0.717) is 24.6 Å². The molecular weight excluding hydrogens is 254 g/mol. The summed E-state index contributed by atoms with van der Waals surface area (Å²) in [5.41, 5.74) is 1.71. The van der Waals surface area contributed by atoms with Gasteiger partial charge in [-0.2, -0.15) is 0 Å². The number of nitrogens with zero attached hydrogens (tertiary/aromatic N) is 1. The number of carbonyl (C=O) groups is 2. The highest BCUT2D eigenvalue weighted by Gasteiger charge is 2.18. The van der Waals surface area contributed by atoms with Crippen LogP contribution in [-0.2, 0) is 9.53 Å². The van der Waals surface area contributed by atoms with Gasteiger partial charge in [-0.05, 0) is 25.0 Å². The van der Waals surface area contributed by atoms with Crippen LogP contribution in [0, 0.1) is 12.8 Å². The van der Waals surface area contributed by atoms with Gasteiger partial charge in [0, 0.05) is 18.7 Å². The van der Waals surface area contributed by atoms with E-state index in [2.05, 4.69) is 18.6 Å². The van der Waals surface area contributed by atoms with E-state index in [4.69, 9.17) is 0 Å². The van der Waals surface area contributed by atoms with Crippen LogP contribution in [0.4, 0.5) is 0 Å². The molecule has 0 bridgehead atoms. The van der Waals surface area contributed by atoms with E-state index in [0.717, 1.165) is 5.56 Å². The second-order valence-corrected chi connectivity index (χ2v) is 5.34. The summed E-state index contributed by atoms with van der Waals surface area (Å²) in [4.78, 5) is 25.5. The minimum Gasteiger partial charge on any atom is -0.469 e. The van der Waals surface area contributed by atoms with E-state index in [9.17, 15) is 9.59 Å². The van der Waals surface area contributed by atoms with E-state index in [1.54, 1.807) is 11.0 Å². The van der Waals surface area contributed by atoms with Crippen molar-refractivity contribution >= 4 is 11.9 Å². The molecule has 0 heterocycles. The van der Waals surface area contributed by atoms with Gasteiger partial charge < -0.3 is 9.64 Å². The maximum absolute atomic E-state index is 12.5. The Bertz CT molecular complexity index is 469. The molecule has 0 aliphatic heterocycles. The minimum absolute atomic E-state index is 0.0358. The van der Waals surface area contributed by atoms with Crippen LogP contribution in [0.2, 0.25) is 0 Å². The molecule has 0 unspecified atom stereocenters. The first-order valence-corrected chi connectivity index (χ1v) is 6.86. The van der Waals surface area contributed by atoms with Crippen molar-refractivity contribution in [3.05, 3.63) is 35.4 Å². The zero-order valence-corrected chi connectivity index (χ0v) is 12.7. The van der Waals surface area contributed by atoms with Gasteiger partial charge in [0.2, 0.25) is 0 Å². The lowest BCUT2D eigenvalue weighted by Crippen LogP contribution is -2.36. The van der Waals surface area contributed by atoms with Gasteiger partial charge >= 0.3 is 5.97 Å². The van der Waals surface area contributed by atoms with E-state index in [-0.39, 0.29) is 18.3 Å². The maximum atomic E-state index is 12.5. The van der Waals surface area contributed by atoms with Crippen molar-refractivity contribution < 1.29 is 14.3 Å². The van der Waals surface area contributed by atoms with Gasteiger partial charge in [-0.3, -0.25) is 9.59 Å². The standard InChI is InChI=1S/C16H23NO3/c1-12(2)11-17(9-8-15(18)20-4)16(19)14-7-5-6-13(3)10-14/h5-7,10,12H,8-9,11H2,1-4H3. The number of amides is 1. The molecule has 0 aliphatic rings. The number of hydrogen-bond acceptors (Lipinski definition) is 3. The average molecular weight is 277 g/mol. The molecule has 0 aliphatic carbocycles. The van der Waals surface area contributed by atoms with Crippen LogP contribution < -0.4 is 0 Å². The molecule has 4 nitrogen and oxygen atoms in total. The van der Waals surface area contributed by atoms with Gasteiger partial charge in [0.05, 0.1) is 13.5 Å². The summed E-state index contributed by atoms with van der Waals surface area (Å²) in [5.74, 6) is 0.0171. The molecule has 1 aromatic rings. The molecule has 0 radical (unpaired) electrons. The quantitative estimate of drug-likeness (QED) is 0.751. The van der Waals surface area contributed by atoms with E-state index in [1.807, 2.05) is 25.1 Å². The molecular formula is C16H23NO3. The molecule has 20 heavy (non-hydrogen) atoms. The van der Waals surface area contributed by atoms with Crippen molar-refractivity contribution in [2.75, 3.05) is 20.2 Å². The predicted molar refractivity (Wildman–Crippen MR) is 78.6 cm³/mol. The number of methoxy groups -OCH3 is 1. The highest BCUT2D eigenvalue weighted by atomic mass is 16.5. The molecule has 0 saturated heterocycles. The Morgan fingerprint density at radius 3 is 2.55 bits per heavy atom. The summed E-state index contributed by atoms with van der Waals surface area (Å²) in [6, 6.07) is 7.50. The molecule has 1 aromatic carbocycles. The number of carbonyl (C=O) groups excluding carboxylic acids is 2. The van der Waals surface area contributed by atoms with Gasteiger partial charge in [0.15, 0.2) is 0 Å². The Kier molecular flexibility index (Phi) is 6.22. The fourth-order valence-electron chi connectivity index (χ4n) is 2.01. The lowest BCUT2D eigenvalue weighted by Gasteiger charge is -2.24. The lowest BCUT2D eigenvalue weighted by molar-refractivity contribution is -0.140. The molecule has 0 fully saturated rings. The molecule has 110 valence electrons. The van der Waals surface area contributed by atoms with Crippen LogP contribution in [0.3, 0.4) is 0 Å². The van der Waals surface area contributed by atoms with Crippen LogP contribution in [0.1, 0.15) is 36.2 Å². The lowest BCUT2D eigenvalue weighted by atomic mass is 10.1. The van der Waals surface area contributed by atoms with Gasteiger partial charge in [0.25, 0.3) is 5.91 Å². The van der Waals surface area contributed by atoms with Crippen LogP contribution in [0.5, 0.6) is 0 Å². The Hall–Kier alpha value is -1.84. The molecule has 4 heteroatoms. The minimum atomic E-state index is -0.296.